The molecule has 1 saturated heterocycles. The normalized spacial score (nSPS) is 24.2. The highest BCUT2D eigenvalue weighted by Crippen LogP contribution is 2.32. The maximum Gasteiger partial charge on any atom is 0.0850 e. The molecule has 2 heterocycles. The van der Waals surface area contributed by atoms with Gasteiger partial charge < -0.3 is 4.74 Å². The molecule has 0 aliphatic carbocycles. The molecule has 0 saturated carbocycles. The number of aryl methyl sites for hydroxylation is 2. The quantitative estimate of drug-likeness (QED) is 0.623. The second-order valence-corrected chi connectivity index (χ2v) is 5.94. The fourth-order valence-corrected chi connectivity index (χ4v) is 3.28. The Hall–Kier alpha value is -0.620. The van der Waals surface area contributed by atoms with Crippen LogP contribution in [0.15, 0.2) is 0 Å². The lowest BCUT2D eigenvalue weighted by atomic mass is 9.90. The van der Waals surface area contributed by atoms with Crippen LogP contribution in [-0.2, 0) is 24.1 Å². The molecule has 0 bridgehead atoms. The summed E-state index contributed by atoms with van der Waals surface area (Å²) in [6.07, 6.45) is 3.66. The summed E-state index contributed by atoms with van der Waals surface area (Å²) in [5.41, 5.74) is 4.69. The third kappa shape index (κ3) is 2.86. The first-order valence-corrected chi connectivity index (χ1v) is 7.77. The molecule has 1 fully saturated rings. The molecule has 2 unspecified atom stereocenters. The average molecular weight is 301 g/mol. The lowest BCUT2D eigenvalue weighted by Gasteiger charge is -2.33. The molecular formula is C14H25ClN4O. The van der Waals surface area contributed by atoms with Crippen LogP contribution >= 0.6 is 11.6 Å². The van der Waals surface area contributed by atoms with Gasteiger partial charge in [-0.05, 0) is 33.1 Å². The fourth-order valence-electron chi connectivity index (χ4n) is 2.93. The number of nitrogens with two attached hydrogens (primary N) is 1. The highest BCUT2D eigenvalue weighted by Gasteiger charge is 2.38. The largest absolute Gasteiger partial charge is 0.374 e. The van der Waals surface area contributed by atoms with E-state index in [-0.39, 0.29) is 11.6 Å². The van der Waals surface area contributed by atoms with Gasteiger partial charge in [0.15, 0.2) is 0 Å². The SMILES string of the molecule is CCc1nn(CC)c(CC(NN)C2(C)CCCO2)c1Cl. The van der Waals surface area contributed by atoms with Crippen LogP contribution in [0.1, 0.15) is 45.0 Å². The number of rotatable bonds is 6. The molecule has 1 aliphatic rings. The third-order valence-corrected chi connectivity index (χ3v) is 4.72. The minimum Gasteiger partial charge on any atom is -0.374 e. The molecule has 1 aliphatic heterocycles. The summed E-state index contributed by atoms with van der Waals surface area (Å²) in [5.74, 6) is 5.76. The predicted octanol–water partition coefficient (Wildman–Crippen LogP) is 2.06. The third-order valence-electron chi connectivity index (χ3n) is 4.28. The smallest absolute Gasteiger partial charge is 0.0850 e. The number of aromatic nitrogens is 2. The molecule has 1 aromatic rings. The van der Waals surface area contributed by atoms with Crippen molar-refractivity contribution in [1.29, 1.82) is 0 Å². The monoisotopic (exact) mass is 300 g/mol. The summed E-state index contributed by atoms with van der Waals surface area (Å²) in [6, 6.07) is 0.0363. The van der Waals surface area contributed by atoms with Crippen LogP contribution in [0.5, 0.6) is 0 Å². The van der Waals surface area contributed by atoms with Crippen molar-refractivity contribution in [2.24, 2.45) is 5.84 Å². The predicted molar refractivity (Wildman–Crippen MR) is 80.7 cm³/mol. The van der Waals surface area contributed by atoms with Gasteiger partial charge in [0.05, 0.1) is 28.1 Å². The van der Waals surface area contributed by atoms with Crippen LogP contribution in [0.25, 0.3) is 0 Å². The van der Waals surface area contributed by atoms with Crippen LogP contribution in [-0.4, -0.2) is 28.0 Å². The summed E-state index contributed by atoms with van der Waals surface area (Å²) in [5, 5.41) is 5.33. The Kier molecular flexibility index (Phi) is 5.07. The van der Waals surface area contributed by atoms with Crippen molar-refractivity contribution in [1.82, 2.24) is 15.2 Å². The van der Waals surface area contributed by atoms with E-state index in [0.717, 1.165) is 55.2 Å². The van der Waals surface area contributed by atoms with Crippen molar-refractivity contribution in [3.8, 4) is 0 Å². The Balaban J connectivity index is 2.25. The van der Waals surface area contributed by atoms with E-state index in [0.29, 0.717) is 0 Å². The number of hydrogen-bond acceptors (Lipinski definition) is 4. The van der Waals surface area contributed by atoms with E-state index in [1.54, 1.807) is 0 Å². The zero-order valence-electron chi connectivity index (χ0n) is 12.6. The van der Waals surface area contributed by atoms with E-state index in [4.69, 9.17) is 22.2 Å². The Morgan fingerprint density at radius 2 is 2.30 bits per heavy atom. The molecule has 114 valence electrons. The number of hydrazine groups is 1. The first-order chi connectivity index (χ1) is 9.55. The molecule has 0 amide bonds. The summed E-state index contributed by atoms with van der Waals surface area (Å²) >= 11 is 6.47. The number of ether oxygens (including phenoxy) is 1. The second kappa shape index (κ2) is 6.43. The molecular weight excluding hydrogens is 276 g/mol. The Bertz CT molecular complexity index is 454. The first kappa shape index (κ1) is 15.8. The summed E-state index contributed by atoms with van der Waals surface area (Å²) < 4.78 is 7.87. The van der Waals surface area contributed by atoms with Crippen molar-refractivity contribution in [3.05, 3.63) is 16.4 Å². The first-order valence-electron chi connectivity index (χ1n) is 7.39. The fraction of sp³-hybridized carbons (Fsp3) is 0.786. The van der Waals surface area contributed by atoms with Crippen molar-refractivity contribution in [2.75, 3.05) is 6.61 Å². The standard InChI is InChI=1S/C14H25ClN4O/c1-4-10-13(15)11(19(5-2)18-10)9-12(17-16)14(3)7-6-8-20-14/h12,17H,4-9,16H2,1-3H3. The van der Waals surface area contributed by atoms with E-state index >= 15 is 0 Å². The number of hydrogen-bond donors (Lipinski definition) is 2. The van der Waals surface area contributed by atoms with Crippen LogP contribution in [0.3, 0.4) is 0 Å². The molecule has 2 rings (SSSR count). The van der Waals surface area contributed by atoms with Crippen molar-refractivity contribution < 1.29 is 4.74 Å². The van der Waals surface area contributed by atoms with Crippen LogP contribution in [0.4, 0.5) is 0 Å². The van der Waals surface area contributed by atoms with E-state index in [1.165, 1.54) is 0 Å². The molecule has 1 aromatic heterocycles. The Morgan fingerprint density at radius 1 is 1.55 bits per heavy atom. The minimum absolute atomic E-state index is 0.0363. The molecule has 20 heavy (non-hydrogen) atoms. The molecule has 5 nitrogen and oxygen atoms in total. The van der Waals surface area contributed by atoms with E-state index in [1.807, 2.05) is 4.68 Å². The van der Waals surface area contributed by atoms with Crippen LogP contribution < -0.4 is 11.3 Å². The second-order valence-electron chi connectivity index (χ2n) is 5.56. The summed E-state index contributed by atoms with van der Waals surface area (Å²) in [4.78, 5) is 0. The van der Waals surface area contributed by atoms with Gasteiger partial charge in [-0.2, -0.15) is 5.10 Å². The van der Waals surface area contributed by atoms with E-state index in [2.05, 4.69) is 31.3 Å². The van der Waals surface area contributed by atoms with Gasteiger partial charge in [-0.3, -0.25) is 16.0 Å². The Labute approximate surface area is 125 Å². The molecule has 3 N–H and O–H groups in total. The summed E-state index contributed by atoms with van der Waals surface area (Å²) in [7, 11) is 0. The molecule has 0 radical (unpaired) electrons. The van der Waals surface area contributed by atoms with Crippen LogP contribution in [0, 0.1) is 0 Å². The van der Waals surface area contributed by atoms with Crippen LogP contribution in [0.2, 0.25) is 5.02 Å². The van der Waals surface area contributed by atoms with Crippen molar-refractivity contribution in [3.63, 3.8) is 0 Å². The van der Waals surface area contributed by atoms with Crippen molar-refractivity contribution >= 4 is 11.6 Å². The number of nitrogens with zero attached hydrogens (tertiary/aromatic N) is 2. The van der Waals surface area contributed by atoms with Gasteiger partial charge in [-0.25, -0.2) is 0 Å². The van der Waals surface area contributed by atoms with Gasteiger partial charge in [-0.15, -0.1) is 0 Å². The zero-order valence-corrected chi connectivity index (χ0v) is 13.3. The van der Waals surface area contributed by atoms with Gasteiger partial charge in [0, 0.05) is 19.6 Å². The van der Waals surface area contributed by atoms with Crippen molar-refractivity contribution in [2.45, 2.75) is 64.6 Å². The average Bonchev–Trinajstić information content (AvgIpc) is 3.01. The summed E-state index contributed by atoms with van der Waals surface area (Å²) in [6.45, 7) is 7.87. The van der Waals surface area contributed by atoms with Gasteiger partial charge in [0.2, 0.25) is 0 Å². The Morgan fingerprint density at radius 3 is 2.80 bits per heavy atom. The van der Waals surface area contributed by atoms with Gasteiger partial charge >= 0.3 is 0 Å². The minimum atomic E-state index is -0.229. The molecule has 2 atom stereocenters. The zero-order chi connectivity index (χ0) is 14.8. The topological polar surface area (TPSA) is 65.1 Å². The highest BCUT2D eigenvalue weighted by atomic mass is 35.5. The number of halogens is 1. The van der Waals surface area contributed by atoms with Gasteiger partial charge in [-0.1, -0.05) is 18.5 Å². The van der Waals surface area contributed by atoms with Gasteiger partial charge in [0.25, 0.3) is 0 Å². The lowest BCUT2D eigenvalue weighted by molar-refractivity contribution is -0.0119. The number of nitrogens with one attached hydrogen (secondary N) is 1. The highest BCUT2D eigenvalue weighted by molar-refractivity contribution is 6.31. The lowest BCUT2D eigenvalue weighted by Crippen LogP contribution is -2.52. The van der Waals surface area contributed by atoms with Gasteiger partial charge in [0.1, 0.15) is 0 Å². The maximum atomic E-state index is 6.47. The molecule has 0 spiro atoms. The van der Waals surface area contributed by atoms with E-state index in [9.17, 15) is 0 Å². The maximum absolute atomic E-state index is 6.47. The molecule has 6 heteroatoms. The molecule has 0 aromatic carbocycles. The van der Waals surface area contributed by atoms with E-state index < -0.39 is 0 Å².